The van der Waals surface area contributed by atoms with E-state index in [0.717, 1.165) is 49.9 Å². The van der Waals surface area contributed by atoms with Crippen molar-refractivity contribution >= 4 is 46.2 Å². The van der Waals surface area contributed by atoms with Crippen molar-refractivity contribution in [1.29, 1.82) is 0 Å². The van der Waals surface area contributed by atoms with Gasteiger partial charge in [0.05, 0.1) is 17.7 Å². The van der Waals surface area contributed by atoms with Crippen LogP contribution in [0.4, 0.5) is 5.69 Å². The number of likely N-dealkylation sites (tertiary alicyclic amines) is 2. The van der Waals surface area contributed by atoms with E-state index < -0.39 is 17.9 Å². The Morgan fingerprint density at radius 2 is 1.80 bits per heavy atom. The number of hydrogen-bond acceptors (Lipinski definition) is 7. The molecule has 4 amide bonds. The second-order valence-corrected chi connectivity index (χ2v) is 10.4. The molecule has 2 aromatic heterocycles. The fraction of sp³-hybridized carbons (Fsp3) is 0.379. The summed E-state index contributed by atoms with van der Waals surface area (Å²) in [4.78, 5) is 63.1. The van der Waals surface area contributed by atoms with Crippen LogP contribution in [0.5, 0.6) is 0 Å². The van der Waals surface area contributed by atoms with Crippen LogP contribution < -0.4 is 16.4 Å². The molecule has 0 unspecified atom stereocenters. The number of pyridine rings is 1. The zero-order valence-corrected chi connectivity index (χ0v) is 22.9. The number of fused-ring (bicyclic) bond motifs is 1. The average molecular weight is 560 g/mol. The van der Waals surface area contributed by atoms with Gasteiger partial charge in [-0.2, -0.15) is 0 Å². The molecule has 0 radical (unpaired) electrons. The van der Waals surface area contributed by atoms with Crippen molar-refractivity contribution < 1.29 is 23.6 Å². The van der Waals surface area contributed by atoms with E-state index in [0.29, 0.717) is 24.2 Å². The van der Waals surface area contributed by atoms with Gasteiger partial charge in [-0.3, -0.25) is 29.5 Å². The summed E-state index contributed by atoms with van der Waals surface area (Å²) in [5.74, 6) is -0.816. The molecule has 12 nitrogen and oxygen atoms in total. The molecular weight excluding hydrogens is 526 g/mol. The lowest BCUT2D eigenvalue weighted by Gasteiger charge is -2.25. The largest absolute Gasteiger partial charge is 0.461 e. The number of furan rings is 1. The van der Waals surface area contributed by atoms with Crippen LogP contribution in [0.3, 0.4) is 0 Å². The van der Waals surface area contributed by atoms with Crippen LogP contribution in [0.2, 0.25) is 0 Å². The van der Waals surface area contributed by atoms with Gasteiger partial charge < -0.3 is 25.3 Å². The summed E-state index contributed by atoms with van der Waals surface area (Å²) < 4.78 is 5.66. The highest BCUT2D eigenvalue weighted by atomic mass is 16.3. The topological polar surface area (TPSA) is 163 Å². The Morgan fingerprint density at radius 3 is 2.59 bits per heavy atom. The highest BCUT2D eigenvalue weighted by Crippen LogP contribution is 2.23. The Hall–Kier alpha value is -4.74. The van der Waals surface area contributed by atoms with Crippen LogP contribution in [0.1, 0.15) is 58.6 Å². The minimum absolute atomic E-state index is 0.0159. The summed E-state index contributed by atoms with van der Waals surface area (Å²) in [5.41, 5.74) is 6.86. The molecule has 12 heteroatoms. The number of benzene rings is 1. The predicted molar refractivity (Wildman–Crippen MR) is 152 cm³/mol. The first kappa shape index (κ1) is 27.8. The van der Waals surface area contributed by atoms with E-state index in [9.17, 15) is 19.2 Å². The molecule has 0 spiro atoms. The van der Waals surface area contributed by atoms with Crippen LogP contribution in [-0.2, 0) is 9.59 Å². The maximum absolute atomic E-state index is 13.6. The molecule has 2 fully saturated rings. The first-order valence-electron chi connectivity index (χ1n) is 13.7. The molecule has 41 heavy (non-hydrogen) atoms. The first-order valence-corrected chi connectivity index (χ1v) is 13.7. The predicted octanol–water partition coefficient (Wildman–Crippen LogP) is 2.44. The van der Waals surface area contributed by atoms with Gasteiger partial charge in [0.2, 0.25) is 23.7 Å². The molecule has 214 valence electrons. The molecule has 0 bridgehead atoms. The Bertz CT molecular complexity index is 1510. The first-order chi connectivity index (χ1) is 19.8. The number of nitrogens with zero attached hydrogens (tertiary/aromatic N) is 4. The summed E-state index contributed by atoms with van der Waals surface area (Å²) in [6.07, 6.45) is 6.49. The van der Waals surface area contributed by atoms with Gasteiger partial charge in [0.25, 0.3) is 5.91 Å². The van der Waals surface area contributed by atoms with Gasteiger partial charge in [-0.05, 0) is 69.4 Å². The van der Waals surface area contributed by atoms with Gasteiger partial charge >= 0.3 is 0 Å². The minimum Gasteiger partial charge on any atom is -0.461 e. The van der Waals surface area contributed by atoms with Crippen LogP contribution in [-0.4, -0.2) is 76.6 Å². The average Bonchev–Trinajstić information content (AvgIpc) is 3.59. The number of carbonyl (C=O) groups excluding carboxylic acids is 4. The van der Waals surface area contributed by atoms with Crippen LogP contribution in [0.15, 0.2) is 52.1 Å². The maximum atomic E-state index is 13.6. The van der Waals surface area contributed by atoms with Crippen LogP contribution >= 0.6 is 0 Å². The standard InChI is InChI=1S/C29H33N7O5/c1-18-12-19-14-22(7-8-24(19)41-18)32-29(34-27(39)21-13-20(26(30)38)15-31-16-21)33-23-6-2-3-11-36(28(23)40)17-25(37)35-9-4-5-10-35/h7-8,12-16,23H,2-6,9-11,17H2,1H3,(H2,30,38)(H2,32,33,34,39)/t23-/m0/s1. The zero-order chi connectivity index (χ0) is 28.9. The monoisotopic (exact) mass is 559 g/mol. The Kier molecular flexibility index (Phi) is 8.27. The lowest BCUT2D eigenvalue weighted by molar-refractivity contribution is -0.140. The molecule has 1 aromatic carbocycles. The van der Waals surface area contributed by atoms with Crippen molar-refractivity contribution in [2.75, 3.05) is 31.5 Å². The summed E-state index contributed by atoms with van der Waals surface area (Å²) in [6, 6.07) is 7.84. The molecule has 1 atom stereocenters. The molecule has 4 N–H and O–H groups in total. The van der Waals surface area contributed by atoms with E-state index in [1.807, 2.05) is 19.1 Å². The number of primary amides is 1. The molecule has 2 saturated heterocycles. The van der Waals surface area contributed by atoms with Gasteiger partial charge in [0.15, 0.2) is 0 Å². The Morgan fingerprint density at radius 1 is 1.05 bits per heavy atom. The minimum atomic E-state index is -0.804. The molecule has 2 aliphatic rings. The van der Waals surface area contributed by atoms with Gasteiger partial charge in [-0.1, -0.05) is 0 Å². The zero-order valence-electron chi connectivity index (χ0n) is 22.9. The molecule has 5 rings (SSSR count). The normalized spacial score (nSPS) is 17.9. The SMILES string of the molecule is Cc1cc2cc(NC(=N[C@H]3CCCCN(CC(=O)N4CCCC4)C3=O)NC(=O)c3cncc(C(N)=O)c3)ccc2o1. The van der Waals surface area contributed by atoms with E-state index in [-0.39, 0.29) is 35.4 Å². The number of carbonyl (C=O) groups is 4. The second kappa shape index (κ2) is 12.2. The van der Waals surface area contributed by atoms with E-state index in [1.165, 1.54) is 18.5 Å². The van der Waals surface area contributed by atoms with Crippen molar-refractivity contribution in [1.82, 2.24) is 20.1 Å². The van der Waals surface area contributed by atoms with E-state index in [1.54, 1.807) is 21.9 Å². The summed E-state index contributed by atoms with van der Waals surface area (Å²) >= 11 is 0. The van der Waals surface area contributed by atoms with E-state index in [4.69, 9.17) is 10.2 Å². The number of hydrogen-bond donors (Lipinski definition) is 3. The highest BCUT2D eigenvalue weighted by molar-refractivity contribution is 6.11. The van der Waals surface area contributed by atoms with Gasteiger partial charge in [-0.25, -0.2) is 4.99 Å². The number of nitrogens with two attached hydrogens (primary N) is 1. The smallest absolute Gasteiger partial charge is 0.259 e. The Balaban J connectivity index is 1.41. The number of nitrogens with one attached hydrogen (secondary N) is 2. The number of aliphatic imine (C=N–C) groups is 1. The van der Waals surface area contributed by atoms with Crippen LogP contribution in [0.25, 0.3) is 11.0 Å². The summed E-state index contributed by atoms with van der Waals surface area (Å²) in [6.45, 7) is 3.78. The van der Waals surface area contributed by atoms with E-state index >= 15 is 0 Å². The van der Waals surface area contributed by atoms with Crippen LogP contribution in [0, 0.1) is 6.92 Å². The number of aromatic nitrogens is 1. The van der Waals surface area contributed by atoms with E-state index in [2.05, 4.69) is 20.6 Å². The second-order valence-electron chi connectivity index (χ2n) is 10.4. The molecule has 4 heterocycles. The molecule has 0 saturated carbocycles. The lowest BCUT2D eigenvalue weighted by atomic mass is 10.1. The molecular formula is C29H33N7O5. The maximum Gasteiger partial charge on any atom is 0.259 e. The third kappa shape index (κ3) is 6.71. The number of anilines is 1. The van der Waals surface area contributed by atoms with Crippen molar-refractivity contribution in [2.45, 2.75) is 45.1 Å². The van der Waals surface area contributed by atoms with Crippen molar-refractivity contribution in [3.63, 3.8) is 0 Å². The third-order valence-corrected chi connectivity index (χ3v) is 7.24. The molecule has 2 aliphatic heterocycles. The Labute approximate surface area is 237 Å². The fourth-order valence-corrected chi connectivity index (χ4v) is 5.11. The highest BCUT2D eigenvalue weighted by Gasteiger charge is 2.30. The van der Waals surface area contributed by atoms with Crippen molar-refractivity contribution in [2.24, 2.45) is 10.7 Å². The van der Waals surface area contributed by atoms with Gasteiger partial charge in [0, 0.05) is 43.1 Å². The van der Waals surface area contributed by atoms with Gasteiger partial charge in [-0.15, -0.1) is 0 Å². The number of aryl methyl sites for hydroxylation is 1. The van der Waals surface area contributed by atoms with Crippen molar-refractivity contribution in [3.8, 4) is 0 Å². The quantitative estimate of drug-likeness (QED) is 0.308. The van der Waals surface area contributed by atoms with Crippen molar-refractivity contribution in [3.05, 3.63) is 59.6 Å². The summed E-state index contributed by atoms with van der Waals surface area (Å²) in [7, 11) is 0. The number of guanidine groups is 1. The van der Waals surface area contributed by atoms with Gasteiger partial charge in [0.1, 0.15) is 17.4 Å². The lowest BCUT2D eigenvalue weighted by Crippen LogP contribution is -2.45. The number of amides is 4. The molecule has 3 aromatic rings. The number of rotatable bonds is 6. The fourth-order valence-electron chi connectivity index (χ4n) is 5.11. The third-order valence-electron chi connectivity index (χ3n) is 7.24. The summed E-state index contributed by atoms with van der Waals surface area (Å²) in [5, 5.41) is 6.71. The molecule has 0 aliphatic carbocycles.